The molecule has 21 heavy (non-hydrogen) atoms. The SMILES string of the molecule is COC(Cc1ccccc1[S@@](=O)c1ccc(C)cc1)OC. The molecule has 0 spiro atoms. The number of ether oxygens (including phenoxy) is 2. The Labute approximate surface area is 128 Å². The Hall–Kier alpha value is -1.49. The van der Waals surface area contributed by atoms with E-state index in [2.05, 4.69) is 0 Å². The van der Waals surface area contributed by atoms with E-state index in [9.17, 15) is 4.21 Å². The van der Waals surface area contributed by atoms with Crippen molar-refractivity contribution in [3.63, 3.8) is 0 Å². The summed E-state index contributed by atoms with van der Waals surface area (Å²) in [5.74, 6) is 0. The molecule has 0 unspecified atom stereocenters. The van der Waals surface area contributed by atoms with Crippen LogP contribution in [0, 0.1) is 6.92 Å². The van der Waals surface area contributed by atoms with Gasteiger partial charge in [0.2, 0.25) is 0 Å². The fourth-order valence-corrected chi connectivity index (χ4v) is 3.31. The zero-order valence-electron chi connectivity index (χ0n) is 12.5. The average Bonchev–Trinajstić information content (AvgIpc) is 2.53. The molecule has 2 aromatic rings. The maximum Gasteiger partial charge on any atom is 0.160 e. The molecule has 3 nitrogen and oxygen atoms in total. The Balaban J connectivity index is 2.30. The lowest BCUT2D eigenvalue weighted by molar-refractivity contribution is -0.101. The maximum absolute atomic E-state index is 12.8. The first kappa shape index (κ1) is 15.9. The normalized spacial score (nSPS) is 12.6. The molecule has 2 aromatic carbocycles. The van der Waals surface area contributed by atoms with Crippen LogP contribution in [0.25, 0.3) is 0 Å². The highest BCUT2D eigenvalue weighted by Gasteiger charge is 2.15. The Bertz CT molecular complexity index is 604. The van der Waals surface area contributed by atoms with Crippen LogP contribution in [0.1, 0.15) is 11.1 Å². The second-order valence-corrected chi connectivity index (χ2v) is 6.24. The van der Waals surface area contributed by atoms with Crippen LogP contribution >= 0.6 is 0 Å². The van der Waals surface area contributed by atoms with Gasteiger partial charge in [-0.3, -0.25) is 0 Å². The summed E-state index contributed by atoms with van der Waals surface area (Å²) in [7, 11) is 2.01. The van der Waals surface area contributed by atoms with Crippen molar-refractivity contribution in [3.8, 4) is 0 Å². The van der Waals surface area contributed by atoms with E-state index >= 15 is 0 Å². The third-order valence-corrected chi connectivity index (χ3v) is 4.82. The van der Waals surface area contributed by atoms with Crippen molar-refractivity contribution in [2.45, 2.75) is 29.4 Å². The van der Waals surface area contributed by atoms with Crippen molar-refractivity contribution in [2.24, 2.45) is 0 Å². The first-order valence-corrected chi connectivity index (χ1v) is 7.92. The topological polar surface area (TPSA) is 35.5 Å². The first-order valence-electron chi connectivity index (χ1n) is 6.77. The molecule has 0 heterocycles. The van der Waals surface area contributed by atoms with E-state index in [-0.39, 0.29) is 6.29 Å². The summed E-state index contributed by atoms with van der Waals surface area (Å²) in [5, 5.41) is 0. The van der Waals surface area contributed by atoms with Crippen molar-refractivity contribution in [1.82, 2.24) is 0 Å². The van der Waals surface area contributed by atoms with Gasteiger partial charge in [-0.25, -0.2) is 4.21 Å². The summed E-state index contributed by atoms with van der Waals surface area (Å²) in [6.45, 7) is 2.02. The Morgan fingerprint density at radius 3 is 2.24 bits per heavy atom. The van der Waals surface area contributed by atoms with E-state index in [0.29, 0.717) is 6.42 Å². The number of hydrogen-bond donors (Lipinski definition) is 0. The zero-order valence-corrected chi connectivity index (χ0v) is 13.4. The van der Waals surface area contributed by atoms with Crippen molar-refractivity contribution >= 4 is 10.8 Å². The minimum absolute atomic E-state index is 0.332. The highest BCUT2D eigenvalue weighted by Crippen LogP contribution is 2.22. The van der Waals surface area contributed by atoms with Gasteiger partial charge >= 0.3 is 0 Å². The Morgan fingerprint density at radius 1 is 1.00 bits per heavy atom. The molecule has 112 valence electrons. The van der Waals surface area contributed by atoms with Crippen molar-refractivity contribution < 1.29 is 13.7 Å². The molecule has 0 amide bonds. The predicted molar refractivity (Wildman–Crippen MR) is 83.8 cm³/mol. The summed E-state index contributed by atoms with van der Waals surface area (Å²) in [6.07, 6.45) is 0.238. The van der Waals surface area contributed by atoms with Gasteiger partial charge in [0.1, 0.15) is 0 Å². The molecule has 0 aromatic heterocycles. The molecular formula is C17H20O3S. The van der Waals surface area contributed by atoms with Crippen LogP contribution in [-0.4, -0.2) is 24.7 Å². The highest BCUT2D eigenvalue weighted by molar-refractivity contribution is 7.85. The average molecular weight is 304 g/mol. The number of aryl methyl sites for hydroxylation is 1. The molecule has 0 N–H and O–H groups in total. The smallest absolute Gasteiger partial charge is 0.160 e. The molecule has 0 radical (unpaired) electrons. The van der Waals surface area contributed by atoms with Crippen LogP contribution in [0.5, 0.6) is 0 Å². The number of hydrogen-bond acceptors (Lipinski definition) is 3. The molecule has 0 aliphatic heterocycles. The monoisotopic (exact) mass is 304 g/mol. The molecule has 2 rings (SSSR count). The summed E-state index contributed by atoms with van der Waals surface area (Å²) in [4.78, 5) is 1.61. The second kappa shape index (κ2) is 7.50. The molecule has 0 saturated carbocycles. The fourth-order valence-electron chi connectivity index (χ4n) is 2.08. The van der Waals surface area contributed by atoms with E-state index in [1.807, 2.05) is 55.5 Å². The molecular weight excluding hydrogens is 284 g/mol. The first-order chi connectivity index (χ1) is 10.2. The lowest BCUT2D eigenvalue weighted by Crippen LogP contribution is -2.17. The largest absolute Gasteiger partial charge is 0.356 e. The summed E-state index contributed by atoms with van der Waals surface area (Å²) in [5.41, 5.74) is 2.13. The van der Waals surface area contributed by atoms with E-state index in [1.165, 1.54) is 0 Å². The van der Waals surface area contributed by atoms with Gasteiger partial charge in [0.15, 0.2) is 6.29 Å². The van der Waals surface area contributed by atoms with Gasteiger partial charge in [-0.15, -0.1) is 0 Å². The Morgan fingerprint density at radius 2 is 1.62 bits per heavy atom. The van der Waals surface area contributed by atoms with Gasteiger partial charge in [0, 0.05) is 30.4 Å². The van der Waals surface area contributed by atoms with Crippen LogP contribution in [0.3, 0.4) is 0 Å². The van der Waals surface area contributed by atoms with E-state index < -0.39 is 10.8 Å². The molecule has 0 aliphatic carbocycles. The number of benzene rings is 2. The minimum Gasteiger partial charge on any atom is -0.356 e. The number of rotatable bonds is 6. The molecule has 0 aliphatic rings. The molecule has 4 heteroatoms. The van der Waals surface area contributed by atoms with Crippen molar-refractivity contribution in [2.75, 3.05) is 14.2 Å². The quantitative estimate of drug-likeness (QED) is 0.768. The molecule has 0 bridgehead atoms. The maximum atomic E-state index is 12.8. The van der Waals surface area contributed by atoms with Crippen molar-refractivity contribution in [1.29, 1.82) is 0 Å². The van der Waals surface area contributed by atoms with Crippen LogP contribution in [-0.2, 0) is 26.7 Å². The second-order valence-electron chi connectivity index (χ2n) is 4.79. The van der Waals surface area contributed by atoms with Gasteiger partial charge in [-0.2, -0.15) is 0 Å². The van der Waals surface area contributed by atoms with Crippen LogP contribution in [0.4, 0.5) is 0 Å². The fraction of sp³-hybridized carbons (Fsp3) is 0.294. The van der Waals surface area contributed by atoms with E-state index in [1.54, 1.807) is 14.2 Å². The standard InChI is InChI=1S/C17H20O3S/c1-13-8-10-15(11-9-13)21(18)16-7-5-4-6-14(16)12-17(19-2)20-3/h4-11,17H,12H2,1-3H3/t21-/m0/s1. The van der Waals surface area contributed by atoms with Crippen LogP contribution in [0.2, 0.25) is 0 Å². The summed E-state index contributed by atoms with van der Waals surface area (Å²) < 4.78 is 23.2. The van der Waals surface area contributed by atoms with Crippen LogP contribution < -0.4 is 0 Å². The summed E-state index contributed by atoms with van der Waals surface area (Å²) >= 11 is 0. The Kier molecular flexibility index (Phi) is 5.67. The molecule has 0 saturated heterocycles. The van der Waals surface area contributed by atoms with Crippen LogP contribution in [0.15, 0.2) is 58.3 Å². The van der Waals surface area contributed by atoms with Gasteiger partial charge in [-0.1, -0.05) is 35.9 Å². The van der Waals surface area contributed by atoms with Crippen molar-refractivity contribution in [3.05, 3.63) is 59.7 Å². The van der Waals surface area contributed by atoms with Gasteiger partial charge in [-0.05, 0) is 30.7 Å². The lowest BCUT2D eigenvalue weighted by atomic mass is 10.1. The van der Waals surface area contributed by atoms with E-state index in [4.69, 9.17) is 9.47 Å². The third kappa shape index (κ3) is 4.00. The minimum atomic E-state index is -1.20. The zero-order chi connectivity index (χ0) is 15.2. The number of methoxy groups -OCH3 is 2. The highest BCUT2D eigenvalue weighted by atomic mass is 32.2. The molecule has 0 fully saturated rings. The van der Waals surface area contributed by atoms with Gasteiger partial charge in [0.25, 0.3) is 0 Å². The lowest BCUT2D eigenvalue weighted by Gasteiger charge is -2.15. The third-order valence-electron chi connectivity index (χ3n) is 3.32. The van der Waals surface area contributed by atoms with E-state index in [0.717, 1.165) is 20.9 Å². The summed E-state index contributed by atoms with van der Waals surface area (Å²) in [6, 6.07) is 15.5. The molecule has 1 atom stereocenters. The predicted octanol–water partition coefficient (Wildman–Crippen LogP) is 3.32. The van der Waals surface area contributed by atoms with Gasteiger partial charge in [0.05, 0.1) is 10.8 Å². The van der Waals surface area contributed by atoms with Gasteiger partial charge < -0.3 is 9.47 Å².